The molecule has 0 aliphatic carbocycles. The summed E-state index contributed by atoms with van der Waals surface area (Å²) in [5.74, 6) is 1.20. The van der Waals surface area contributed by atoms with E-state index in [9.17, 15) is 0 Å². The van der Waals surface area contributed by atoms with E-state index in [0.29, 0.717) is 38.3 Å². The number of nitrogens with zero attached hydrogens (tertiary/aromatic N) is 2. The van der Waals surface area contributed by atoms with Crippen molar-refractivity contribution in [2.24, 2.45) is 0 Å². The van der Waals surface area contributed by atoms with E-state index in [1.807, 2.05) is 0 Å². The van der Waals surface area contributed by atoms with E-state index in [0.717, 1.165) is 19.4 Å². The monoisotopic (exact) mass is 269 g/mol. The van der Waals surface area contributed by atoms with Crippen LogP contribution in [0.2, 0.25) is 0 Å². The third-order valence-electron chi connectivity index (χ3n) is 2.28. The van der Waals surface area contributed by atoms with Gasteiger partial charge in [0.1, 0.15) is 0 Å². The zero-order valence-corrected chi connectivity index (χ0v) is 11.7. The molecule has 6 heteroatoms. The second kappa shape index (κ2) is 10.5. The highest BCUT2D eigenvalue weighted by Crippen LogP contribution is 2.08. The fourth-order valence-corrected chi connectivity index (χ4v) is 1.33. The van der Waals surface area contributed by atoms with Gasteiger partial charge in [0.15, 0.2) is 0 Å². The Morgan fingerprint density at radius 2 is 2.11 bits per heavy atom. The van der Waals surface area contributed by atoms with Crippen LogP contribution >= 0.6 is 0 Å². The second-order valence-electron chi connectivity index (χ2n) is 3.95. The predicted octanol–water partition coefficient (Wildman–Crippen LogP) is 1.73. The largest absolute Gasteiger partial charge is 0.477 e. The first-order chi connectivity index (χ1) is 9.36. The summed E-state index contributed by atoms with van der Waals surface area (Å²) in [5, 5.41) is 3.12. The lowest BCUT2D eigenvalue weighted by atomic mass is 10.5. The summed E-state index contributed by atoms with van der Waals surface area (Å²) in [4.78, 5) is 8.37. The summed E-state index contributed by atoms with van der Waals surface area (Å²) in [7, 11) is 1.66. The van der Waals surface area contributed by atoms with Crippen LogP contribution in [0, 0.1) is 0 Å². The Balaban J connectivity index is 2.14. The van der Waals surface area contributed by atoms with Crippen molar-refractivity contribution in [3.8, 4) is 5.88 Å². The Morgan fingerprint density at radius 1 is 1.21 bits per heavy atom. The summed E-state index contributed by atoms with van der Waals surface area (Å²) < 4.78 is 15.8. The maximum atomic E-state index is 5.53. The first kappa shape index (κ1) is 15.7. The van der Waals surface area contributed by atoms with Crippen molar-refractivity contribution in [1.29, 1.82) is 0 Å². The minimum atomic E-state index is 0.581. The lowest BCUT2D eigenvalue weighted by Gasteiger charge is -2.07. The highest BCUT2D eigenvalue weighted by Gasteiger charge is 1.99. The summed E-state index contributed by atoms with van der Waals surface area (Å²) in [6.45, 7) is 5.44. The number of aromatic nitrogens is 2. The van der Waals surface area contributed by atoms with Crippen LogP contribution in [0.4, 0.5) is 5.95 Å². The van der Waals surface area contributed by atoms with Crippen molar-refractivity contribution in [3.05, 3.63) is 12.3 Å². The standard InChI is InChI=1S/C13H23N3O3/c1-3-6-14-13-15-7-5-12(16-13)19-9-4-8-18-11-10-17-2/h5,7H,3-4,6,8-11H2,1-2H3,(H,14,15,16). The molecule has 0 bridgehead atoms. The van der Waals surface area contributed by atoms with E-state index < -0.39 is 0 Å². The van der Waals surface area contributed by atoms with Crippen molar-refractivity contribution in [3.63, 3.8) is 0 Å². The molecule has 1 aromatic rings. The molecule has 0 spiro atoms. The summed E-state index contributed by atoms with van der Waals surface area (Å²) in [6, 6.07) is 1.75. The molecule has 0 amide bonds. The van der Waals surface area contributed by atoms with Crippen LogP contribution < -0.4 is 10.1 Å². The van der Waals surface area contributed by atoms with Crippen molar-refractivity contribution in [2.45, 2.75) is 19.8 Å². The molecule has 0 saturated carbocycles. The van der Waals surface area contributed by atoms with E-state index in [1.165, 1.54) is 0 Å². The normalized spacial score (nSPS) is 10.4. The lowest BCUT2D eigenvalue weighted by molar-refractivity contribution is 0.0642. The van der Waals surface area contributed by atoms with Gasteiger partial charge in [-0.1, -0.05) is 6.92 Å². The number of methoxy groups -OCH3 is 1. The molecule has 0 radical (unpaired) electrons. The highest BCUT2D eigenvalue weighted by atomic mass is 16.5. The maximum Gasteiger partial charge on any atom is 0.225 e. The van der Waals surface area contributed by atoms with Crippen LogP contribution in [0.15, 0.2) is 12.3 Å². The molecule has 0 aliphatic rings. The molecule has 0 unspecified atom stereocenters. The van der Waals surface area contributed by atoms with Gasteiger partial charge in [0.05, 0.1) is 19.8 Å². The molecule has 0 aliphatic heterocycles. The Kier molecular flexibility index (Phi) is 8.67. The van der Waals surface area contributed by atoms with Gasteiger partial charge in [-0.15, -0.1) is 0 Å². The topological polar surface area (TPSA) is 65.5 Å². The average molecular weight is 269 g/mol. The van der Waals surface area contributed by atoms with Gasteiger partial charge >= 0.3 is 0 Å². The maximum absolute atomic E-state index is 5.53. The second-order valence-corrected chi connectivity index (χ2v) is 3.95. The molecule has 0 fully saturated rings. The Hall–Kier alpha value is -1.40. The molecule has 6 nitrogen and oxygen atoms in total. The van der Waals surface area contributed by atoms with Crippen LogP contribution in [0.3, 0.4) is 0 Å². The molecule has 0 saturated heterocycles. The number of ether oxygens (including phenoxy) is 3. The number of rotatable bonds is 11. The smallest absolute Gasteiger partial charge is 0.225 e. The van der Waals surface area contributed by atoms with Gasteiger partial charge in [0.2, 0.25) is 11.8 Å². The quantitative estimate of drug-likeness (QED) is 0.617. The van der Waals surface area contributed by atoms with Gasteiger partial charge in [0, 0.05) is 38.9 Å². The molecule has 0 aromatic carbocycles. The third-order valence-corrected chi connectivity index (χ3v) is 2.28. The lowest BCUT2D eigenvalue weighted by Crippen LogP contribution is -2.08. The zero-order valence-electron chi connectivity index (χ0n) is 11.7. The van der Waals surface area contributed by atoms with Crippen molar-refractivity contribution < 1.29 is 14.2 Å². The van der Waals surface area contributed by atoms with Crippen molar-refractivity contribution in [1.82, 2.24) is 9.97 Å². The van der Waals surface area contributed by atoms with Gasteiger partial charge < -0.3 is 19.5 Å². The number of hydrogen-bond acceptors (Lipinski definition) is 6. The van der Waals surface area contributed by atoms with Crippen LogP contribution in [0.5, 0.6) is 5.88 Å². The molecular formula is C13H23N3O3. The molecule has 1 rings (SSSR count). The third kappa shape index (κ3) is 7.58. The van der Waals surface area contributed by atoms with Crippen molar-refractivity contribution >= 4 is 5.95 Å². The first-order valence-electron chi connectivity index (χ1n) is 6.63. The molecule has 1 heterocycles. The fraction of sp³-hybridized carbons (Fsp3) is 0.692. The predicted molar refractivity (Wildman–Crippen MR) is 73.6 cm³/mol. The first-order valence-corrected chi connectivity index (χ1v) is 6.63. The van der Waals surface area contributed by atoms with E-state index in [2.05, 4.69) is 22.2 Å². The van der Waals surface area contributed by atoms with Crippen molar-refractivity contribution in [2.75, 3.05) is 45.4 Å². The van der Waals surface area contributed by atoms with Gasteiger partial charge in [-0.3, -0.25) is 0 Å². The van der Waals surface area contributed by atoms with Crippen LogP contribution in [0.1, 0.15) is 19.8 Å². The zero-order chi connectivity index (χ0) is 13.8. The number of hydrogen-bond donors (Lipinski definition) is 1. The highest BCUT2D eigenvalue weighted by molar-refractivity contribution is 5.27. The van der Waals surface area contributed by atoms with Gasteiger partial charge in [-0.05, 0) is 6.42 Å². The van der Waals surface area contributed by atoms with E-state index in [-0.39, 0.29) is 0 Å². The number of nitrogens with one attached hydrogen (secondary N) is 1. The van der Waals surface area contributed by atoms with Crippen LogP contribution in [-0.2, 0) is 9.47 Å². The Labute approximate surface area is 114 Å². The van der Waals surface area contributed by atoms with Gasteiger partial charge in [-0.25, -0.2) is 4.98 Å². The van der Waals surface area contributed by atoms with Gasteiger partial charge in [-0.2, -0.15) is 4.98 Å². The summed E-state index contributed by atoms with van der Waals surface area (Å²) in [5.41, 5.74) is 0. The van der Waals surface area contributed by atoms with E-state index in [1.54, 1.807) is 19.4 Å². The fourth-order valence-electron chi connectivity index (χ4n) is 1.33. The minimum absolute atomic E-state index is 0.581. The summed E-state index contributed by atoms with van der Waals surface area (Å²) in [6.07, 6.45) is 3.55. The Bertz CT molecular complexity index is 337. The molecule has 108 valence electrons. The molecule has 0 atom stereocenters. The minimum Gasteiger partial charge on any atom is -0.477 e. The molecular weight excluding hydrogens is 246 g/mol. The SMILES string of the molecule is CCCNc1nccc(OCCCOCCOC)n1. The molecule has 1 aromatic heterocycles. The number of anilines is 1. The van der Waals surface area contributed by atoms with E-state index in [4.69, 9.17) is 14.2 Å². The summed E-state index contributed by atoms with van der Waals surface area (Å²) >= 11 is 0. The molecule has 19 heavy (non-hydrogen) atoms. The van der Waals surface area contributed by atoms with E-state index >= 15 is 0 Å². The molecule has 1 N–H and O–H groups in total. The van der Waals surface area contributed by atoms with Gasteiger partial charge in [0.25, 0.3) is 0 Å². The van der Waals surface area contributed by atoms with Crippen LogP contribution in [-0.4, -0.2) is 50.1 Å². The Morgan fingerprint density at radius 3 is 2.89 bits per heavy atom. The average Bonchev–Trinajstić information content (AvgIpc) is 2.44. The van der Waals surface area contributed by atoms with Crippen LogP contribution in [0.25, 0.3) is 0 Å².